The maximum atomic E-state index is 6.03. The number of benzene rings is 2. The van der Waals surface area contributed by atoms with Crippen molar-refractivity contribution in [3.05, 3.63) is 87.1 Å². The van der Waals surface area contributed by atoms with Crippen LogP contribution in [0.15, 0.2) is 65.4 Å². The molecule has 6 heteroatoms. The third-order valence-corrected chi connectivity index (χ3v) is 4.98. The van der Waals surface area contributed by atoms with Crippen molar-refractivity contribution >= 4 is 27.5 Å². The van der Waals surface area contributed by atoms with Gasteiger partial charge in [0.05, 0.1) is 7.11 Å². The van der Waals surface area contributed by atoms with Gasteiger partial charge in [-0.2, -0.15) is 0 Å². The van der Waals surface area contributed by atoms with Gasteiger partial charge in [0.15, 0.2) is 11.5 Å². The van der Waals surface area contributed by atoms with Crippen LogP contribution in [0.4, 0.5) is 0 Å². The zero-order chi connectivity index (χ0) is 19.1. The minimum atomic E-state index is 0.420. The van der Waals surface area contributed by atoms with Gasteiger partial charge in [-0.25, -0.2) is 0 Å². The van der Waals surface area contributed by atoms with E-state index in [0.717, 1.165) is 22.1 Å². The number of nitrogens with one attached hydrogen (secondary N) is 1. The highest BCUT2D eigenvalue weighted by molar-refractivity contribution is 9.10. The van der Waals surface area contributed by atoms with Gasteiger partial charge in [-0.15, -0.1) is 0 Å². The van der Waals surface area contributed by atoms with Crippen molar-refractivity contribution in [2.24, 2.45) is 0 Å². The van der Waals surface area contributed by atoms with Crippen molar-refractivity contribution in [3.8, 4) is 11.5 Å². The number of hydrogen-bond acceptors (Lipinski definition) is 4. The highest BCUT2D eigenvalue weighted by Gasteiger charge is 2.11. The summed E-state index contributed by atoms with van der Waals surface area (Å²) in [7, 11) is 1.64. The van der Waals surface area contributed by atoms with Crippen LogP contribution in [0.1, 0.15) is 16.7 Å². The SMILES string of the molecule is COc1cc(CNCc2ccncc2)c(Br)cc1OCc1cccc(Cl)c1. The third-order valence-electron chi connectivity index (χ3n) is 4.01. The molecule has 0 saturated heterocycles. The van der Waals surface area contributed by atoms with Crippen LogP contribution >= 0.6 is 27.5 Å². The van der Waals surface area contributed by atoms with Gasteiger partial charge in [0.1, 0.15) is 6.61 Å². The van der Waals surface area contributed by atoms with E-state index in [-0.39, 0.29) is 0 Å². The van der Waals surface area contributed by atoms with Gasteiger partial charge in [0.25, 0.3) is 0 Å². The van der Waals surface area contributed by atoms with E-state index >= 15 is 0 Å². The van der Waals surface area contributed by atoms with E-state index < -0.39 is 0 Å². The van der Waals surface area contributed by atoms with Crippen molar-refractivity contribution in [1.82, 2.24) is 10.3 Å². The van der Waals surface area contributed by atoms with Gasteiger partial charge in [-0.3, -0.25) is 4.98 Å². The average Bonchev–Trinajstić information content (AvgIpc) is 2.68. The lowest BCUT2D eigenvalue weighted by Gasteiger charge is -2.15. The molecule has 0 radical (unpaired) electrons. The summed E-state index contributed by atoms with van der Waals surface area (Å²) in [5.41, 5.74) is 3.29. The maximum Gasteiger partial charge on any atom is 0.162 e. The van der Waals surface area contributed by atoms with Gasteiger partial charge >= 0.3 is 0 Å². The molecule has 3 rings (SSSR count). The van der Waals surface area contributed by atoms with E-state index in [9.17, 15) is 0 Å². The highest BCUT2D eigenvalue weighted by Crippen LogP contribution is 2.34. The molecule has 27 heavy (non-hydrogen) atoms. The Balaban J connectivity index is 1.65. The fourth-order valence-electron chi connectivity index (χ4n) is 2.62. The Morgan fingerprint density at radius 2 is 1.81 bits per heavy atom. The first kappa shape index (κ1) is 19.7. The van der Waals surface area contributed by atoms with Crippen LogP contribution in [0, 0.1) is 0 Å². The third kappa shape index (κ3) is 5.70. The van der Waals surface area contributed by atoms with Crippen molar-refractivity contribution in [3.63, 3.8) is 0 Å². The summed E-state index contributed by atoms with van der Waals surface area (Å²) in [5.74, 6) is 1.38. The molecule has 0 amide bonds. The topological polar surface area (TPSA) is 43.4 Å². The van der Waals surface area contributed by atoms with E-state index in [2.05, 4.69) is 26.2 Å². The molecule has 4 nitrogen and oxygen atoms in total. The molecule has 1 N–H and O–H groups in total. The lowest BCUT2D eigenvalue weighted by molar-refractivity contribution is 0.284. The molecule has 0 aliphatic carbocycles. The Labute approximate surface area is 172 Å². The summed E-state index contributed by atoms with van der Waals surface area (Å²) in [6.07, 6.45) is 3.59. The van der Waals surface area contributed by atoms with Crippen LogP contribution in [0.5, 0.6) is 11.5 Å². The Kier molecular flexibility index (Phi) is 7.10. The summed E-state index contributed by atoms with van der Waals surface area (Å²) in [6, 6.07) is 15.5. The molecule has 0 unspecified atom stereocenters. The minimum absolute atomic E-state index is 0.420. The van der Waals surface area contributed by atoms with E-state index in [4.69, 9.17) is 21.1 Å². The van der Waals surface area contributed by atoms with E-state index in [1.165, 1.54) is 5.56 Å². The summed E-state index contributed by atoms with van der Waals surface area (Å²) in [4.78, 5) is 4.03. The lowest BCUT2D eigenvalue weighted by Crippen LogP contribution is -2.13. The molecule has 0 spiro atoms. The number of ether oxygens (including phenoxy) is 2. The highest BCUT2D eigenvalue weighted by atomic mass is 79.9. The fraction of sp³-hybridized carbons (Fsp3) is 0.190. The Morgan fingerprint density at radius 3 is 2.56 bits per heavy atom. The van der Waals surface area contributed by atoms with Crippen LogP contribution in [0.25, 0.3) is 0 Å². The molecule has 0 atom stereocenters. The summed E-state index contributed by atoms with van der Waals surface area (Å²) >= 11 is 9.65. The van der Waals surface area contributed by atoms with Crippen LogP contribution in [-0.4, -0.2) is 12.1 Å². The number of halogens is 2. The minimum Gasteiger partial charge on any atom is -0.493 e. The largest absolute Gasteiger partial charge is 0.493 e. The normalized spacial score (nSPS) is 10.6. The number of hydrogen-bond donors (Lipinski definition) is 1. The van der Waals surface area contributed by atoms with Gasteiger partial charge in [0.2, 0.25) is 0 Å². The molecule has 0 fully saturated rings. The van der Waals surface area contributed by atoms with Crippen LogP contribution in [-0.2, 0) is 19.7 Å². The predicted octanol–water partition coefficient (Wildman–Crippen LogP) is 5.37. The molecule has 140 valence electrons. The second kappa shape index (κ2) is 9.74. The molecule has 1 aromatic heterocycles. The Bertz CT molecular complexity index is 891. The number of nitrogens with zero attached hydrogens (tertiary/aromatic N) is 1. The Morgan fingerprint density at radius 1 is 1.00 bits per heavy atom. The Hall–Kier alpha value is -2.08. The second-order valence-electron chi connectivity index (χ2n) is 5.97. The van der Waals surface area contributed by atoms with Crippen LogP contribution < -0.4 is 14.8 Å². The number of methoxy groups -OCH3 is 1. The van der Waals surface area contributed by atoms with E-state index in [1.807, 2.05) is 48.5 Å². The zero-order valence-electron chi connectivity index (χ0n) is 14.9. The van der Waals surface area contributed by atoms with Crippen LogP contribution in [0.2, 0.25) is 5.02 Å². The molecule has 0 bridgehead atoms. The van der Waals surface area contributed by atoms with Gasteiger partial charge in [0, 0.05) is 35.0 Å². The second-order valence-corrected chi connectivity index (χ2v) is 7.26. The summed E-state index contributed by atoms with van der Waals surface area (Å²) in [6.45, 7) is 1.89. The molecule has 3 aromatic rings. The molecule has 0 aliphatic rings. The van der Waals surface area contributed by atoms with Crippen molar-refractivity contribution in [1.29, 1.82) is 0 Å². The van der Waals surface area contributed by atoms with Crippen molar-refractivity contribution in [2.75, 3.05) is 7.11 Å². The number of rotatable bonds is 8. The van der Waals surface area contributed by atoms with Crippen molar-refractivity contribution in [2.45, 2.75) is 19.7 Å². The number of aromatic nitrogens is 1. The first-order valence-corrected chi connectivity index (χ1v) is 9.66. The lowest BCUT2D eigenvalue weighted by atomic mass is 10.2. The van der Waals surface area contributed by atoms with E-state index in [0.29, 0.717) is 29.7 Å². The van der Waals surface area contributed by atoms with Gasteiger partial charge < -0.3 is 14.8 Å². The van der Waals surface area contributed by atoms with E-state index in [1.54, 1.807) is 19.5 Å². The zero-order valence-corrected chi connectivity index (χ0v) is 17.3. The van der Waals surface area contributed by atoms with Gasteiger partial charge in [-0.1, -0.05) is 39.7 Å². The smallest absolute Gasteiger partial charge is 0.162 e. The molecular formula is C21H20BrClN2O2. The van der Waals surface area contributed by atoms with Gasteiger partial charge in [-0.05, 0) is 53.1 Å². The standard InChI is InChI=1S/C21H20BrClN2O2/c1-26-20-10-17(13-25-12-15-5-7-24-8-6-15)19(22)11-21(20)27-14-16-3-2-4-18(23)9-16/h2-11,25H,12-14H2,1H3. The molecule has 2 aromatic carbocycles. The fourth-order valence-corrected chi connectivity index (χ4v) is 3.29. The summed E-state index contributed by atoms with van der Waals surface area (Å²) < 4.78 is 12.4. The number of pyridine rings is 1. The monoisotopic (exact) mass is 446 g/mol. The molecule has 1 heterocycles. The molecular weight excluding hydrogens is 428 g/mol. The first-order valence-electron chi connectivity index (χ1n) is 8.49. The first-order chi connectivity index (χ1) is 13.2. The summed E-state index contributed by atoms with van der Waals surface area (Å²) in [5, 5.41) is 4.12. The van der Waals surface area contributed by atoms with Crippen molar-refractivity contribution < 1.29 is 9.47 Å². The molecule has 0 aliphatic heterocycles. The van der Waals surface area contributed by atoms with Crippen LogP contribution in [0.3, 0.4) is 0 Å². The quantitative estimate of drug-likeness (QED) is 0.504. The molecule has 0 saturated carbocycles. The average molecular weight is 448 g/mol. The maximum absolute atomic E-state index is 6.03. The predicted molar refractivity (Wildman–Crippen MR) is 111 cm³/mol.